The van der Waals surface area contributed by atoms with Crippen molar-refractivity contribution in [2.75, 3.05) is 14.1 Å². The fourth-order valence-electron chi connectivity index (χ4n) is 1.91. The number of benzene rings is 1. The van der Waals surface area contributed by atoms with Crippen LogP contribution in [0.25, 0.3) is 11.3 Å². The zero-order chi connectivity index (χ0) is 15.6. The molecule has 0 aliphatic carbocycles. The Morgan fingerprint density at radius 3 is 2.48 bits per heavy atom. The third kappa shape index (κ3) is 3.03. The van der Waals surface area contributed by atoms with Crippen LogP contribution in [0.2, 0.25) is 5.02 Å². The lowest BCUT2D eigenvalue weighted by molar-refractivity contribution is 0.0827. The Bertz CT molecular complexity index is 714. The Morgan fingerprint density at radius 2 is 1.90 bits per heavy atom. The molecule has 0 unspecified atom stereocenters. The SMILES string of the molecule is CN(C)C(=O)c1cccnc1-c1ccc(C(N)=O)c(Cl)c1. The quantitative estimate of drug-likeness (QED) is 0.944. The summed E-state index contributed by atoms with van der Waals surface area (Å²) in [5.41, 5.74) is 7.08. The molecule has 1 heterocycles. The lowest BCUT2D eigenvalue weighted by Crippen LogP contribution is -2.22. The molecule has 2 aromatic rings. The summed E-state index contributed by atoms with van der Waals surface area (Å²) in [4.78, 5) is 29.1. The van der Waals surface area contributed by atoms with Gasteiger partial charge in [-0.1, -0.05) is 17.7 Å². The van der Waals surface area contributed by atoms with E-state index in [2.05, 4.69) is 4.98 Å². The lowest BCUT2D eigenvalue weighted by atomic mass is 10.0. The highest BCUT2D eigenvalue weighted by molar-refractivity contribution is 6.34. The van der Waals surface area contributed by atoms with Gasteiger partial charge in [0.1, 0.15) is 0 Å². The molecule has 5 nitrogen and oxygen atoms in total. The van der Waals surface area contributed by atoms with Crippen LogP contribution in [-0.4, -0.2) is 35.8 Å². The number of rotatable bonds is 3. The highest BCUT2D eigenvalue weighted by atomic mass is 35.5. The van der Waals surface area contributed by atoms with Gasteiger partial charge in [0.05, 0.1) is 21.8 Å². The summed E-state index contributed by atoms with van der Waals surface area (Å²) in [5, 5.41) is 0.230. The first-order chi connectivity index (χ1) is 9.91. The van der Waals surface area contributed by atoms with Crippen molar-refractivity contribution in [3.63, 3.8) is 0 Å². The van der Waals surface area contributed by atoms with Gasteiger partial charge in [0.25, 0.3) is 5.91 Å². The molecule has 0 fully saturated rings. The van der Waals surface area contributed by atoms with Gasteiger partial charge in [-0.05, 0) is 24.3 Å². The Labute approximate surface area is 127 Å². The van der Waals surface area contributed by atoms with Gasteiger partial charge >= 0.3 is 0 Å². The topological polar surface area (TPSA) is 76.3 Å². The summed E-state index contributed by atoms with van der Waals surface area (Å²) in [6.07, 6.45) is 1.59. The minimum atomic E-state index is -0.600. The molecule has 1 aromatic heterocycles. The number of hydrogen-bond donors (Lipinski definition) is 1. The first-order valence-electron chi connectivity index (χ1n) is 6.18. The van der Waals surface area contributed by atoms with Crippen LogP contribution in [0.1, 0.15) is 20.7 Å². The highest BCUT2D eigenvalue weighted by Crippen LogP contribution is 2.27. The Kier molecular flexibility index (Phi) is 4.23. The minimum Gasteiger partial charge on any atom is -0.366 e. The summed E-state index contributed by atoms with van der Waals surface area (Å²) in [6, 6.07) is 8.16. The normalized spacial score (nSPS) is 10.2. The van der Waals surface area contributed by atoms with Gasteiger partial charge in [0.2, 0.25) is 5.91 Å². The fourth-order valence-corrected chi connectivity index (χ4v) is 2.18. The van der Waals surface area contributed by atoms with Crippen LogP contribution in [0.3, 0.4) is 0 Å². The molecule has 2 amide bonds. The predicted molar refractivity (Wildman–Crippen MR) is 81.2 cm³/mol. The predicted octanol–water partition coefficient (Wildman–Crippen LogP) is 2.20. The molecule has 21 heavy (non-hydrogen) atoms. The van der Waals surface area contributed by atoms with E-state index >= 15 is 0 Å². The molecule has 0 spiro atoms. The van der Waals surface area contributed by atoms with Crippen LogP contribution in [0.5, 0.6) is 0 Å². The minimum absolute atomic E-state index is 0.159. The average Bonchev–Trinajstić information content (AvgIpc) is 2.45. The zero-order valence-corrected chi connectivity index (χ0v) is 12.4. The number of nitrogens with zero attached hydrogens (tertiary/aromatic N) is 2. The summed E-state index contributed by atoms with van der Waals surface area (Å²) in [5.74, 6) is -0.759. The highest BCUT2D eigenvalue weighted by Gasteiger charge is 2.16. The second-order valence-electron chi connectivity index (χ2n) is 4.66. The van der Waals surface area contributed by atoms with E-state index in [9.17, 15) is 9.59 Å². The monoisotopic (exact) mass is 303 g/mol. The number of pyridine rings is 1. The molecule has 0 aliphatic heterocycles. The van der Waals surface area contributed by atoms with Crippen molar-refractivity contribution in [1.29, 1.82) is 0 Å². The summed E-state index contributed by atoms with van der Waals surface area (Å²) >= 11 is 6.04. The van der Waals surface area contributed by atoms with Crippen molar-refractivity contribution < 1.29 is 9.59 Å². The van der Waals surface area contributed by atoms with E-state index in [0.29, 0.717) is 16.8 Å². The van der Waals surface area contributed by atoms with Crippen LogP contribution >= 0.6 is 11.6 Å². The summed E-state index contributed by atoms with van der Waals surface area (Å²) < 4.78 is 0. The van der Waals surface area contributed by atoms with E-state index in [0.717, 1.165) is 0 Å². The first-order valence-corrected chi connectivity index (χ1v) is 6.56. The fraction of sp³-hybridized carbons (Fsp3) is 0.133. The summed E-state index contributed by atoms with van der Waals surface area (Å²) in [6.45, 7) is 0. The largest absolute Gasteiger partial charge is 0.366 e. The molecule has 0 aliphatic rings. The molecular weight excluding hydrogens is 290 g/mol. The van der Waals surface area contributed by atoms with E-state index in [-0.39, 0.29) is 16.5 Å². The molecule has 0 saturated carbocycles. The van der Waals surface area contributed by atoms with Crippen molar-refractivity contribution in [3.8, 4) is 11.3 Å². The number of nitrogens with two attached hydrogens (primary N) is 1. The number of halogens is 1. The van der Waals surface area contributed by atoms with Gasteiger partial charge in [0.15, 0.2) is 0 Å². The van der Waals surface area contributed by atoms with Crippen LogP contribution in [0, 0.1) is 0 Å². The summed E-state index contributed by atoms with van der Waals surface area (Å²) in [7, 11) is 3.34. The Balaban J connectivity index is 2.55. The van der Waals surface area contributed by atoms with Crippen molar-refractivity contribution in [1.82, 2.24) is 9.88 Å². The molecule has 6 heteroatoms. The lowest BCUT2D eigenvalue weighted by Gasteiger charge is -2.13. The molecule has 1 aromatic carbocycles. The molecular formula is C15H14ClN3O2. The average molecular weight is 304 g/mol. The maximum absolute atomic E-state index is 12.2. The standard InChI is InChI=1S/C15H14ClN3O2/c1-19(2)15(21)11-4-3-7-18-13(11)9-5-6-10(14(17)20)12(16)8-9/h3-8H,1-2H3,(H2,17,20). The number of hydrogen-bond acceptors (Lipinski definition) is 3. The van der Waals surface area contributed by atoms with Crippen molar-refractivity contribution >= 4 is 23.4 Å². The molecule has 0 atom stereocenters. The number of primary amides is 1. The van der Waals surface area contributed by atoms with Crippen molar-refractivity contribution in [2.45, 2.75) is 0 Å². The number of carbonyl (C=O) groups is 2. The van der Waals surface area contributed by atoms with Crippen LogP contribution in [-0.2, 0) is 0 Å². The van der Waals surface area contributed by atoms with E-state index in [1.54, 1.807) is 44.6 Å². The number of aromatic nitrogens is 1. The molecule has 0 bridgehead atoms. The molecule has 0 saturated heterocycles. The zero-order valence-electron chi connectivity index (χ0n) is 11.6. The third-order valence-corrected chi connectivity index (χ3v) is 3.26. The van der Waals surface area contributed by atoms with Crippen LogP contribution < -0.4 is 5.73 Å². The third-order valence-electron chi connectivity index (χ3n) is 2.95. The van der Waals surface area contributed by atoms with E-state index < -0.39 is 5.91 Å². The second kappa shape index (κ2) is 5.93. The van der Waals surface area contributed by atoms with Gasteiger partial charge in [-0.2, -0.15) is 0 Å². The Hall–Kier alpha value is -2.40. The van der Waals surface area contributed by atoms with Gasteiger partial charge < -0.3 is 10.6 Å². The van der Waals surface area contributed by atoms with Crippen molar-refractivity contribution in [2.24, 2.45) is 5.73 Å². The Morgan fingerprint density at radius 1 is 1.19 bits per heavy atom. The maximum Gasteiger partial charge on any atom is 0.255 e. The van der Waals surface area contributed by atoms with Crippen LogP contribution in [0.4, 0.5) is 0 Å². The van der Waals surface area contributed by atoms with Crippen molar-refractivity contribution in [3.05, 3.63) is 52.7 Å². The van der Waals surface area contributed by atoms with Gasteiger partial charge in [-0.25, -0.2) is 0 Å². The molecule has 2 rings (SSSR count). The smallest absolute Gasteiger partial charge is 0.255 e. The van der Waals surface area contributed by atoms with Gasteiger partial charge in [-0.3, -0.25) is 14.6 Å². The number of carbonyl (C=O) groups excluding carboxylic acids is 2. The van der Waals surface area contributed by atoms with Crippen LogP contribution in [0.15, 0.2) is 36.5 Å². The second-order valence-corrected chi connectivity index (χ2v) is 5.07. The van der Waals surface area contributed by atoms with E-state index in [1.807, 2.05) is 0 Å². The van der Waals surface area contributed by atoms with Gasteiger partial charge in [-0.15, -0.1) is 0 Å². The maximum atomic E-state index is 12.2. The molecule has 2 N–H and O–H groups in total. The van der Waals surface area contributed by atoms with E-state index in [4.69, 9.17) is 17.3 Å². The molecule has 0 radical (unpaired) electrons. The van der Waals surface area contributed by atoms with E-state index in [1.165, 1.54) is 11.0 Å². The first kappa shape index (κ1) is 15.0. The molecule has 108 valence electrons. The number of amides is 2. The van der Waals surface area contributed by atoms with Gasteiger partial charge in [0, 0.05) is 25.9 Å².